The maximum absolute atomic E-state index is 11.6. The summed E-state index contributed by atoms with van der Waals surface area (Å²) in [6.45, 7) is 4.41. The minimum absolute atomic E-state index is 0.392. The highest BCUT2D eigenvalue weighted by Crippen LogP contribution is 2.23. The number of nitrogens with zero attached hydrogens (tertiary/aromatic N) is 1. The van der Waals surface area contributed by atoms with Crippen molar-refractivity contribution >= 4 is 21.4 Å². The molecule has 0 amide bonds. The summed E-state index contributed by atoms with van der Waals surface area (Å²) in [4.78, 5) is 1.36. The van der Waals surface area contributed by atoms with Crippen molar-refractivity contribution < 1.29 is 8.42 Å². The Morgan fingerprint density at radius 3 is 2.95 bits per heavy atom. The lowest BCUT2D eigenvalue weighted by Gasteiger charge is -2.32. The molecule has 1 aliphatic heterocycles. The minimum atomic E-state index is -3.04. The van der Waals surface area contributed by atoms with E-state index in [2.05, 4.69) is 29.8 Å². The Morgan fingerprint density at radius 2 is 2.35 bits per heavy atom. The van der Waals surface area contributed by atoms with E-state index in [9.17, 15) is 8.42 Å². The number of rotatable bonds is 6. The number of piperidine rings is 1. The Bertz CT molecular complexity index is 499. The van der Waals surface area contributed by atoms with Crippen LogP contribution in [0.4, 0.5) is 0 Å². The van der Waals surface area contributed by atoms with E-state index in [1.54, 1.807) is 15.6 Å². The molecular formula is C14H24N2O2S2. The lowest BCUT2D eigenvalue weighted by molar-refractivity contribution is 0.255. The molecule has 1 fully saturated rings. The molecule has 1 saturated heterocycles. The van der Waals surface area contributed by atoms with E-state index in [0.717, 1.165) is 25.8 Å². The zero-order valence-corrected chi connectivity index (χ0v) is 13.8. The highest BCUT2D eigenvalue weighted by Gasteiger charge is 2.26. The second-order valence-electron chi connectivity index (χ2n) is 5.51. The van der Waals surface area contributed by atoms with Crippen LogP contribution < -0.4 is 5.32 Å². The van der Waals surface area contributed by atoms with Crippen molar-refractivity contribution in [3.63, 3.8) is 0 Å². The molecule has 2 heterocycles. The van der Waals surface area contributed by atoms with Crippen LogP contribution in [0.1, 0.15) is 37.1 Å². The van der Waals surface area contributed by atoms with Crippen molar-refractivity contribution in [2.45, 2.75) is 32.2 Å². The summed E-state index contributed by atoms with van der Waals surface area (Å²) in [5, 5.41) is 5.71. The van der Waals surface area contributed by atoms with Gasteiger partial charge in [0.25, 0.3) is 0 Å². The summed E-state index contributed by atoms with van der Waals surface area (Å²) >= 11 is 1.78. The minimum Gasteiger partial charge on any atom is -0.309 e. The van der Waals surface area contributed by atoms with Gasteiger partial charge in [0.05, 0.1) is 6.26 Å². The number of hydrogen-bond acceptors (Lipinski definition) is 4. The zero-order valence-electron chi connectivity index (χ0n) is 12.2. The number of thiophene rings is 1. The Labute approximate surface area is 126 Å². The van der Waals surface area contributed by atoms with E-state index in [1.807, 2.05) is 0 Å². The highest BCUT2D eigenvalue weighted by molar-refractivity contribution is 7.88. The van der Waals surface area contributed by atoms with Crippen LogP contribution in [0.5, 0.6) is 0 Å². The SMILES string of the molecule is CCC(NCC1CCCN(S(C)(=O)=O)C1)c1cccs1. The fourth-order valence-electron chi connectivity index (χ4n) is 2.74. The molecule has 0 aromatic carbocycles. The van der Waals surface area contributed by atoms with Crippen molar-refractivity contribution in [3.8, 4) is 0 Å². The van der Waals surface area contributed by atoms with E-state index < -0.39 is 10.0 Å². The summed E-state index contributed by atoms with van der Waals surface area (Å²) in [7, 11) is -3.04. The van der Waals surface area contributed by atoms with Gasteiger partial charge in [0, 0.05) is 24.0 Å². The molecule has 1 N–H and O–H groups in total. The fraction of sp³-hybridized carbons (Fsp3) is 0.714. The third-order valence-electron chi connectivity index (χ3n) is 3.90. The van der Waals surface area contributed by atoms with Crippen molar-refractivity contribution in [1.82, 2.24) is 9.62 Å². The Balaban J connectivity index is 1.87. The standard InChI is InChI=1S/C14H24N2O2S2/c1-3-13(14-7-5-9-19-14)15-10-12-6-4-8-16(11-12)20(2,17)18/h5,7,9,12-13,15H,3-4,6,8,10-11H2,1-2H3. The van der Waals surface area contributed by atoms with E-state index in [-0.39, 0.29) is 0 Å². The molecule has 1 aliphatic rings. The molecule has 0 saturated carbocycles. The summed E-state index contributed by atoms with van der Waals surface area (Å²) in [5.74, 6) is 0.424. The summed E-state index contributed by atoms with van der Waals surface area (Å²) < 4.78 is 24.9. The Morgan fingerprint density at radius 1 is 1.55 bits per heavy atom. The summed E-state index contributed by atoms with van der Waals surface area (Å²) in [6.07, 6.45) is 4.45. The summed E-state index contributed by atoms with van der Waals surface area (Å²) in [6, 6.07) is 4.63. The summed E-state index contributed by atoms with van der Waals surface area (Å²) in [5.41, 5.74) is 0. The highest BCUT2D eigenvalue weighted by atomic mass is 32.2. The molecule has 6 heteroatoms. The van der Waals surface area contributed by atoms with Gasteiger partial charge in [0.2, 0.25) is 10.0 Å². The van der Waals surface area contributed by atoms with Gasteiger partial charge in [-0.3, -0.25) is 0 Å². The predicted octanol–water partition coefficient (Wildman–Crippen LogP) is 2.46. The molecule has 1 aromatic heterocycles. The van der Waals surface area contributed by atoms with Crippen molar-refractivity contribution in [2.24, 2.45) is 5.92 Å². The maximum atomic E-state index is 11.6. The zero-order chi connectivity index (χ0) is 14.6. The van der Waals surface area contributed by atoms with E-state index >= 15 is 0 Å². The molecule has 0 spiro atoms. The lowest BCUT2D eigenvalue weighted by Crippen LogP contribution is -2.42. The van der Waals surface area contributed by atoms with E-state index in [1.165, 1.54) is 11.1 Å². The van der Waals surface area contributed by atoms with Gasteiger partial charge in [0.15, 0.2) is 0 Å². The van der Waals surface area contributed by atoms with Crippen molar-refractivity contribution in [3.05, 3.63) is 22.4 Å². The van der Waals surface area contributed by atoms with Gasteiger partial charge in [-0.1, -0.05) is 13.0 Å². The van der Waals surface area contributed by atoms with Crippen LogP contribution in [0, 0.1) is 5.92 Å². The molecule has 114 valence electrons. The van der Waals surface area contributed by atoms with Gasteiger partial charge in [-0.2, -0.15) is 0 Å². The first kappa shape index (κ1) is 15.9. The molecule has 2 unspecified atom stereocenters. The molecule has 4 nitrogen and oxygen atoms in total. The second-order valence-corrected chi connectivity index (χ2v) is 8.48. The third kappa shape index (κ3) is 4.28. The first-order valence-corrected chi connectivity index (χ1v) is 9.95. The van der Waals surface area contributed by atoms with Gasteiger partial charge >= 0.3 is 0 Å². The predicted molar refractivity (Wildman–Crippen MR) is 84.5 cm³/mol. The molecular weight excluding hydrogens is 292 g/mol. The maximum Gasteiger partial charge on any atom is 0.211 e. The van der Waals surface area contributed by atoms with E-state index in [4.69, 9.17) is 0 Å². The van der Waals surface area contributed by atoms with Crippen molar-refractivity contribution in [1.29, 1.82) is 0 Å². The van der Waals surface area contributed by atoms with Crippen LogP contribution in [0.3, 0.4) is 0 Å². The van der Waals surface area contributed by atoms with Crippen LogP contribution in [-0.2, 0) is 10.0 Å². The average molecular weight is 316 g/mol. The second kappa shape index (κ2) is 7.02. The monoisotopic (exact) mass is 316 g/mol. The van der Waals surface area contributed by atoms with Crippen molar-refractivity contribution in [2.75, 3.05) is 25.9 Å². The van der Waals surface area contributed by atoms with E-state index in [0.29, 0.717) is 25.0 Å². The van der Waals surface area contributed by atoms with Crippen LogP contribution in [-0.4, -0.2) is 38.6 Å². The van der Waals surface area contributed by atoms with Crippen LogP contribution >= 0.6 is 11.3 Å². The van der Waals surface area contributed by atoms with Gasteiger partial charge in [-0.25, -0.2) is 12.7 Å². The van der Waals surface area contributed by atoms with Crippen LogP contribution in [0.15, 0.2) is 17.5 Å². The van der Waals surface area contributed by atoms with Gasteiger partial charge in [-0.15, -0.1) is 11.3 Å². The number of sulfonamides is 1. The lowest BCUT2D eigenvalue weighted by atomic mass is 9.99. The molecule has 2 rings (SSSR count). The first-order valence-electron chi connectivity index (χ1n) is 7.22. The molecule has 1 aromatic rings. The van der Waals surface area contributed by atoms with Crippen LogP contribution in [0.25, 0.3) is 0 Å². The molecule has 0 aliphatic carbocycles. The molecule has 0 bridgehead atoms. The fourth-order valence-corrected chi connectivity index (χ4v) is 4.57. The topological polar surface area (TPSA) is 49.4 Å². The van der Waals surface area contributed by atoms with Gasteiger partial charge < -0.3 is 5.32 Å². The quantitative estimate of drug-likeness (QED) is 0.877. The van der Waals surface area contributed by atoms with Gasteiger partial charge in [-0.05, 0) is 43.2 Å². The first-order chi connectivity index (χ1) is 9.50. The Kier molecular flexibility index (Phi) is 5.60. The number of hydrogen-bond donors (Lipinski definition) is 1. The molecule has 0 radical (unpaired) electrons. The smallest absolute Gasteiger partial charge is 0.211 e. The van der Waals surface area contributed by atoms with Gasteiger partial charge in [0.1, 0.15) is 0 Å². The normalized spacial score (nSPS) is 22.8. The third-order valence-corrected chi connectivity index (χ3v) is 6.15. The Hall–Kier alpha value is -0.430. The molecule has 2 atom stereocenters. The largest absolute Gasteiger partial charge is 0.309 e. The van der Waals surface area contributed by atoms with Crippen LogP contribution in [0.2, 0.25) is 0 Å². The molecule has 20 heavy (non-hydrogen) atoms. The average Bonchev–Trinajstić information content (AvgIpc) is 2.93. The number of nitrogens with one attached hydrogen (secondary N) is 1.